The lowest BCUT2D eigenvalue weighted by atomic mass is 10.00. The fourth-order valence-corrected chi connectivity index (χ4v) is 1.35. The van der Waals surface area contributed by atoms with Gasteiger partial charge in [0.1, 0.15) is 5.75 Å². The van der Waals surface area contributed by atoms with Crippen LogP contribution in [-0.2, 0) is 0 Å². The lowest BCUT2D eigenvalue weighted by Gasteiger charge is -2.12. The third-order valence-electron chi connectivity index (χ3n) is 2.19. The molecule has 0 aromatic heterocycles. The highest BCUT2D eigenvalue weighted by molar-refractivity contribution is 5.37. The second kappa shape index (κ2) is 5.01. The summed E-state index contributed by atoms with van der Waals surface area (Å²) in [6.45, 7) is 8.57. The van der Waals surface area contributed by atoms with Gasteiger partial charge in [-0.25, -0.2) is 0 Å². The number of aryl methyl sites for hydroxylation is 1. The second-order valence-electron chi connectivity index (χ2n) is 3.34. The first-order valence-corrected chi connectivity index (χ1v) is 4.86. The van der Waals surface area contributed by atoms with Gasteiger partial charge in [-0.05, 0) is 38.0 Å². The summed E-state index contributed by atoms with van der Waals surface area (Å²) in [7, 11) is 0. The minimum Gasteiger partial charge on any atom is -0.494 e. The van der Waals surface area contributed by atoms with Gasteiger partial charge in [-0.2, -0.15) is 0 Å². The van der Waals surface area contributed by atoms with Gasteiger partial charge in [-0.3, -0.25) is 0 Å². The van der Waals surface area contributed by atoms with E-state index in [1.807, 2.05) is 32.0 Å². The maximum absolute atomic E-state index is 8.96. The van der Waals surface area contributed by atoms with E-state index in [-0.39, 0.29) is 12.5 Å². The van der Waals surface area contributed by atoms with Crippen LogP contribution < -0.4 is 4.74 Å². The highest BCUT2D eigenvalue weighted by Crippen LogP contribution is 2.23. The van der Waals surface area contributed by atoms with Crippen LogP contribution in [0.15, 0.2) is 18.2 Å². The molecule has 1 atom stereocenters. The highest BCUT2D eigenvalue weighted by atomic mass is 16.5. The smallest absolute Gasteiger partial charge is 0.122 e. The molecular weight excluding hydrogens is 176 g/mol. The molecule has 1 aromatic carbocycles. The predicted octanol–water partition coefficient (Wildman–Crippen LogP) is 2.30. The van der Waals surface area contributed by atoms with E-state index in [1.54, 1.807) is 0 Å². The van der Waals surface area contributed by atoms with Gasteiger partial charge in [0.15, 0.2) is 0 Å². The predicted molar refractivity (Wildman–Crippen MR) is 57.5 cm³/mol. The molecule has 1 radical (unpaired) electrons. The number of hydrogen-bond donors (Lipinski definition) is 1. The summed E-state index contributed by atoms with van der Waals surface area (Å²) in [5.41, 5.74) is 2.14. The number of benzene rings is 1. The van der Waals surface area contributed by atoms with Gasteiger partial charge in [-0.1, -0.05) is 12.1 Å². The number of ether oxygens (including phenoxy) is 1. The maximum atomic E-state index is 8.96. The molecule has 0 heterocycles. The standard InChI is InChI=1S/C12H17O2/c1-4-14-12-6-5-11(7-9(12)2)10(3)8-13/h5-7,10,13H,3-4,8H2,1-2H3. The quantitative estimate of drug-likeness (QED) is 0.795. The first-order chi connectivity index (χ1) is 6.69. The van der Waals surface area contributed by atoms with Crippen molar-refractivity contribution >= 4 is 0 Å². The van der Waals surface area contributed by atoms with Crippen molar-refractivity contribution in [3.8, 4) is 5.75 Å². The van der Waals surface area contributed by atoms with Crippen molar-refractivity contribution < 1.29 is 9.84 Å². The van der Waals surface area contributed by atoms with Gasteiger partial charge >= 0.3 is 0 Å². The van der Waals surface area contributed by atoms with Crippen LogP contribution in [0.25, 0.3) is 0 Å². The summed E-state index contributed by atoms with van der Waals surface area (Å²) in [5.74, 6) is 0.853. The third kappa shape index (κ3) is 2.48. The van der Waals surface area contributed by atoms with Crippen molar-refractivity contribution in [2.75, 3.05) is 13.2 Å². The Hall–Kier alpha value is -1.02. The molecule has 0 saturated carbocycles. The van der Waals surface area contributed by atoms with Crippen molar-refractivity contribution in [3.63, 3.8) is 0 Å². The summed E-state index contributed by atoms with van der Waals surface area (Å²) in [5, 5.41) is 8.96. The second-order valence-corrected chi connectivity index (χ2v) is 3.34. The van der Waals surface area contributed by atoms with Crippen LogP contribution in [0.4, 0.5) is 0 Å². The molecule has 0 fully saturated rings. The number of aliphatic hydroxyl groups excluding tert-OH is 1. The SMILES string of the molecule is [CH2]C(CO)c1ccc(OCC)c(C)c1. The average molecular weight is 193 g/mol. The van der Waals surface area contributed by atoms with Crippen LogP contribution in [0, 0.1) is 13.8 Å². The van der Waals surface area contributed by atoms with Crippen molar-refractivity contribution in [2.45, 2.75) is 19.8 Å². The molecule has 0 bridgehead atoms. The monoisotopic (exact) mass is 193 g/mol. The summed E-state index contributed by atoms with van der Waals surface area (Å²) in [4.78, 5) is 0. The molecule has 14 heavy (non-hydrogen) atoms. The van der Waals surface area contributed by atoms with Gasteiger partial charge in [0.2, 0.25) is 0 Å². The summed E-state index contributed by atoms with van der Waals surface area (Å²) < 4.78 is 5.42. The molecule has 1 unspecified atom stereocenters. The van der Waals surface area contributed by atoms with Crippen molar-refractivity contribution in [1.29, 1.82) is 0 Å². The minimum atomic E-state index is -0.0515. The Balaban J connectivity index is 2.88. The molecular formula is C12H17O2. The fourth-order valence-electron chi connectivity index (χ4n) is 1.35. The molecule has 77 valence electrons. The zero-order valence-corrected chi connectivity index (χ0v) is 8.79. The zero-order chi connectivity index (χ0) is 10.6. The van der Waals surface area contributed by atoms with E-state index in [1.165, 1.54) is 0 Å². The third-order valence-corrected chi connectivity index (χ3v) is 2.19. The number of aliphatic hydroxyl groups is 1. The van der Waals surface area contributed by atoms with E-state index in [0.717, 1.165) is 16.9 Å². The highest BCUT2D eigenvalue weighted by Gasteiger charge is 2.06. The summed E-state index contributed by atoms with van der Waals surface area (Å²) >= 11 is 0. The Morgan fingerprint density at radius 2 is 2.21 bits per heavy atom. The largest absolute Gasteiger partial charge is 0.494 e. The van der Waals surface area contributed by atoms with Crippen LogP contribution in [-0.4, -0.2) is 18.3 Å². The average Bonchev–Trinajstić information content (AvgIpc) is 2.20. The van der Waals surface area contributed by atoms with Crippen molar-refractivity contribution in [1.82, 2.24) is 0 Å². The molecule has 1 aromatic rings. The molecule has 0 aliphatic heterocycles. The van der Waals surface area contributed by atoms with Gasteiger partial charge in [0, 0.05) is 12.5 Å². The Labute approximate surface area is 85.5 Å². The molecule has 2 nitrogen and oxygen atoms in total. The molecule has 0 aliphatic rings. The summed E-state index contributed by atoms with van der Waals surface area (Å²) in [6.07, 6.45) is 0. The van der Waals surface area contributed by atoms with Crippen molar-refractivity contribution in [2.24, 2.45) is 0 Å². The lowest BCUT2D eigenvalue weighted by Crippen LogP contribution is -2.01. The maximum Gasteiger partial charge on any atom is 0.122 e. The van der Waals surface area contributed by atoms with Crippen LogP contribution >= 0.6 is 0 Å². The Morgan fingerprint density at radius 1 is 1.50 bits per heavy atom. The fraction of sp³-hybridized carbons (Fsp3) is 0.417. The first kappa shape index (κ1) is 11.1. The van der Waals surface area contributed by atoms with Crippen LogP contribution in [0.5, 0.6) is 5.75 Å². The topological polar surface area (TPSA) is 29.5 Å². The van der Waals surface area contributed by atoms with E-state index >= 15 is 0 Å². The van der Waals surface area contributed by atoms with Gasteiger partial charge < -0.3 is 9.84 Å². The lowest BCUT2D eigenvalue weighted by molar-refractivity contribution is 0.282. The van der Waals surface area contributed by atoms with E-state index in [4.69, 9.17) is 9.84 Å². The number of rotatable bonds is 4. The van der Waals surface area contributed by atoms with E-state index in [2.05, 4.69) is 6.92 Å². The van der Waals surface area contributed by atoms with E-state index < -0.39 is 0 Å². The molecule has 0 saturated heterocycles. The first-order valence-electron chi connectivity index (χ1n) is 4.86. The Bertz CT molecular complexity index is 294. The molecule has 0 aliphatic carbocycles. The van der Waals surface area contributed by atoms with Crippen LogP contribution in [0.3, 0.4) is 0 Å². The summed E-state index contributed by atoms with van der Waals surface area (Å²) in [6, 6.07) is 5.90. The molecule has 1 N–H and O–H groups in total. The molecule has 0 spiro atoms. The van der Waals surface area contributed by atoms with E-state index in [9.17, 15) is 0 Å². The van der Waals surface area contributed by atoms with Gasteiger partial charge in [0.25, 0.3) is 0 Å². The van der Waals surface area contributed by atoms with Crippen LogP contribution in [0.2, 0.25) is 0 Å². The van der Waals surface area contributed by atoms with Gasteiger partial charge in [-0.15, -0.1) is 0 Å². The Morgan fingerprint density at radius 3 is 2.71 bits per heavy atom. The normalized spacial score (nSPS) is 12.6. The zero-order valence-electron chi connectivity index (χ0n) is 8.79. The molecule has 0 amide bonds. The molecule has 2 heteroatoms. The minimum absolute atomic E-state index is 0.0515. The van der Waals surface area contributed by atoms with Crippen LogP contribution in [0.1, 0.15) is 24.0 Å². The van der Waals surface area contributed by atoms with Crippen molar-refractivity contribution in [3.05, 3.63) is 36.2 Å². The number of hydrogen-bond acceptors (Lipinski definition) is 2. The Kier molecular flexibility index (Phi) is 3.96. The van der Waals surface area contributed by atoms with Gasteiger partial charge in [0.05, 0.1) is 6.61 Å². The van der Waals surface area contributed by atoms with E-state index in [0.29, 0.717) is 6.61 Å². The molecule has 1 rings (SSSR count).